The Bertz CT molecular complexity index is 605. The third kappa shape index (κ3) is 4.21. The van der Waals surface area contributed by atoms with Gasteiger partial charge in [0.25, 0.3) is 5.91 Å². The SMILES string of the molecule is N#Cc1ccc(C(=O)N2CCC(OC(F)(F)F)CC2)c(Br)c1. The van der Waals surface area contributed by atoms with Crippen molar-refractivity contribution < 1.29 is 22.7 Å². The number of benzene rings is 1. The smallest absolute Gasteiger partial charge is 0.338 e. The van der Waals surface area contributed by atoms with Gasteiger partial charge in [0, 0.05) is 17.6 Å². The summed E-state index contributed by atoms with van der Waals surface area (Å²) in [5, 5.41) is 8.79. The molecule has 0 N–H and O–H groups in total. The zero-order chi connectivity index (χ0) is 16.3. The maximum atomic E-state index is 12.4. The molecule has 0 spiro atoms. The lowest BCUT2D eigenvalue weighted by Crippen LogP contribution is -2.42. The minimum atomic E-state index is -4.65. The predicted molar refractivity (Wildman–Crippen MR) is 74.9 cm³/mol. The Morgan fingerprint density at radius 3 is 2.50 bits per heavy atom. The predicted octanol–water partition coefficient (Wildman–Crippen LogP) is 3.46. The topological polar surface area (TPSA) is 53.3 Å². The maximum Gasteiger partial charge on any atom is 0.522 e. The molecule has 1 aromatic carbocycles. The number of hydrogen-bond donors (Lipinski definition) is 0. The van der Waals surface area contributed by atoms with Gasteiger partial charge in [-0.05, 0) is 47.0 Å². The van der Waals surface area contributed by atoms with E-state index >= 15 is 0 Å². The second kappa shape index (κ2) is 6.67. The van der Waals surface area contributed by atoms with Crippen LogP contribution in [-0.2, 0) is 4.74 Å². The Kier molecular flexibility index (Phi) is 5.08. The molecule has 0 aliphatic carbocycles. The molecule has 2 rings (SSSR count). The van der Waals surface area contributed by atoms with Crippen LogP contribution in [0, 0.1) is 11.3 Å². The summed E-state index contributed by atoms with van der Waals surface area (Å²) in [6, 6.07) is 6.55. The summed E-state index contributed by atoms with van der Waals surface area (Å²) in [6.45, 7) is 0.401. The first-order valence-corrected chi connectivity index (χ1v) is 7.33. The van der Waals surface area contributed by atoms with Gasteiger partial charge in [0.2, 0.25) is 0 Å². The molecule has 1 heterocycles. The van der Waals surface area contributed by atoms with E-state index in [9.17, 15) is 18.0 Å². The fourth-order valence-corrected chi connectivity index (χ4v) is 2.84. The van der Waals surface area contributed by atoms with E-state index in [1.54, 1.807) is 0 Å². The second-order valence-corrected chi connectivity index (χ2v) is 5.72. The quantitative estimate of drug-likeness (QED) is 0.793. The molecule has 8 heteroatoms. The molecule has 1 aliphatic heterocycles. The van der Waals surface area contributed by atoms with Gasteiger partial charge >= 0.3 is 6.36 Å². The number of piperidine rings is 1. The monoisotopic (exact) mass is 376 g/mol. The van der Waals surface area contributed by atoms with Crippen LogP contribution in [0.4, 0.5) is 13.2 Å². The number of alkyl halides is 3. The van der Waals surface area contributed by atoms with Crippen LogP contribution in [0.15, 0.2) is 22.7 Å². The summed E-state index contributed by atoms with van der Waals surface area (Å²) in [6.07, 6.45) is -5.28. The van der Waals surface area contributed by atoms with Crippen molar-refractivity contribution in [3.05, 3.63) is 33.8 Å². The van der Waals surface area contributed by atoms with Gasteiger partial charge < -0.3 is 4.90 Å². The van der Waals surface area contributed by atoms with E-state index in [1.165, 1.54) is 23.1 Å². The van der Waals surface area contributed by atoms with E-state index in [4.69, 9.17) is 5.26 Å². The molecular formula is C14H12BrF3N2O2. The summed E-state index contributed by atoms with van der Waals surface area (Å²) in [7, 11) is 0. The van der Waals surface area contributed by atoms with Crippen LogP contribution in [0.1, 0.15) is 28.8 Å². The van der Waals surface area contributed by atoms with Crippen LogP contribution in [-0.4, -0.2) is 36.4 Å². The molecule has 22 heavy (non-hydrogen) atoms. The molecule has 0 atom stereocenters. The molecule has 1 amide bonds. The minimum absolute atomic E-state index is 0.138. The van der Waals surface area contributed by atoms with E-state index < -0.39 is 12.5 Å². The molecule has 0 saturated carbocycles. The van der Waals surface area contributed by atoms with Crippen LogP contribution in [0.25, 0.3) is 0 Å². The van der Waals surface area contributed by atoms with E-state index in [2.05, 4.69) is 20.7 Å². The lowest BCUT2D eigenvalue weighted by atomic mass is 10.1. The van der Waals surface area contributed by atoms with Crippen molar-refractivity contribution in [3.8, 4) is 6.07 Å². The molecule has 1 fully saturated rings. The number of rotatable bonds is 2. The second-order valence-electron chi connectivity index (χ2n) is 4.86. The van der Waals surface area contributed by atoms with Gasteiger partial charge in [-0.1, -0.05) is 0 Å². The maximum absolute atomic E-state index is 12.4. The highest BCUT2D eigenvalue weighted by atomic mass is 79.9. The van der Waals surface area contributed by atoms with E-state index in [0.29, 0.717) is 15.6 Å². The molecule has 1 aliphatic rings. The van der Waals surface area contributed by atoms with Crippen molar-refractivity contribution >= 4 is 21.8 Å². The average Bonchev–Trinajstić information content (AvgIpc) is 2.45. The summed E-state index contributed by atoms with van der Waals surface area (Å²) in [5.74, 6) is -0.276. The fourth-order valence-electron chi connectivity index (χ4n) is 2.29. The number of nitriles is 1. The summed E-state index contributed by atoms with van der Waals surface area (Å²) in [4.78, 5) is 13.9. The van der Waals surface area contributed by atoms with Crippen molar-refractivity contribution in [3.63, 3.8) is 0 Å². The third-order valence-corrected chi connectivity index (χ3v) is 4.01. The molecule has 0 bridgehead atoms. The number of carbonyl (C=O) groups excluding carboxylic acids is 1. The highest BCUT2D eigenvalue weighted by Gasteiger charge is 2.35. The molecule has 0 radical (unpaired) electrons. The summed E-state index contributed by atoms with van der Waals surface area (Å²) < 4.78 is 40.9. The largest absolute Gasteiger partial charge is 0.522 e. The molecule has 1 saturated heterocycles. The van der Waals surface area contributed by atoms with Gasteiger partial charge in [-0.15, -0.1) is 13.2 Å². The number of halogens is 4. The van der Waals surface area contributed by atoms with Crippen molar-refractivity contribution in [2.75, 3.05) is 13.1 Å². The highest BCUT2D eigenvalue weighted by molar-refractivity contribution is 9.10. The van der Waals surface area contributed by atoms with Gasteiger partial charge in [0.15, 0.2) is 0 Å². The van der Waals surface area contributed by atoms with Crippen molar-refractivity contribution in [1.29, 1.82) is 5.26 Å². The van der Waals surface area contributed by atoms with Crippen LogP contribution < -0.4 is 0 Å². The van der Waals surface area contributed by atoms with Crippen molar-refractivity contribution in [2.24, 2.45) is 0 Å². The van der Waals surface area contributed by atoms with E-state index in [0.717, 1.165) is 0 Å². The molecule has 118 valence electrons. The van der Waals surface area contributed by atoms with E-state index in [1.807, 2.05) is 6.07 Å². The third-order valence-electron chi connectivity index (χ3n) is 3.36. The number of amides is 1. The van der Waals surface area contributed by atoms with Crippen molar-refractivity contribution in [1.82, 2.24) is 4.90 Å². The van der Waals surface area contributed by atoms with Gasteiger partial charge in [0.05, 0.1) is 23.3 Å². The zero-order valence-corrected chi connectivity index (χ0v) is 12.9. The number of likely N-dealkylation sites (tertiary alicyclic amines) is 1. The summed E-state index contributed by atoms with van der Waals surface area (Å²) >= 11 is 3.23. The molecule has 0 aromatic heterocycles. The standard InChI is InChI=1S/C14H12BrF3N2O2/c15-12-7-9(8-19)1-2-11(12)13(21)20-5-3-10(4-6-20)22-14(16,17)18/h1-2,7,10H,3-6H2. The number of hydrogen-bond acceptors (Lipinski definition) is 3. The Morgan fingerprint density at radius 1 is 1.36 bits per heavy atom. The van der Waals surface area contributed by atoms with Gasteiger partial charge in [-0.2, -0.15) is 5.26 Å². The number of nitrogens with zero attached hydrogens (tertiary/aromatic N) is 2. The molecule has 1 aromatic rings. The van der Waals surface area contributed by atoms with Gasteiger partial charge in [-0.3, -0.25) is 9.53 Å². The normalized spacial score (nSPS) is 16.4. The number of ether oxygens (including phenoxy) is 1. The lowest BCUT2D eigenvalue weighted by Gasteiger charge is -2.32. The van der Waals surface area contributed by atoms with Crippen LogP contribution in [0.5, 0.6) is 0 Å². The Morgan fingerprint density at radius 2 is 2.00 bits per heavy atom. The van der Waals surface area contributed by atoms with E-state index in [-0.39, 0.29) is 31.8 Å². The first kappa shape index (κ1) is 16.8. The Balaban J connectivity index is 2.00. The minimum Gasteiger partial charge on any atom is -0.338 e. The van der Waals surface area contributed by atoms with Crippen LogP contribution >= 0.6 is 15.9 Å². The first-order chi connectivity index (χ1) is 10.3. The zero-order valence-electron chi connectivity index (χ0n) is 11.4. The van der Waals surface area contributed by atoms with Gasteiger partial charge in [0.1, 0.15) is 0 Å². The van der Waals surface area contributed by atoms with Gasteiger partial charge in [-0.25, -0.2) is 0 Å². The fraction of sp³-hybridized carbons (Fsp3) is 0.429. The number of carbonyl (C=O) groups is 1. The average molecular weight is 377 g/mol. The Hall–Kier alpha value is -1.59. The Labute approximate surface area is 133 Å². The van der Waals surface area contributed by atoms with Crippen LogP contribution in [0.2, 0.25) is 0 Å². The first-order valence-electron chi connectivity index (χ1n) is 6.53. The molecule has 0 unspecified atom stereocenters. The van der Waals surface area contributed by atoms with Crippen LogP contribution in [0.3, 0.4) is 0 Å². The van der Waals surface area contributed by atoms with Crippen molar-refractivity contribution in [2.45, 2.75) is 25.3 Å². The highest BCUT2D eigenvalue weighted by Crippen LogP contribution is 2.26. The summed E-state index contributed by atoms with van der Waals surface area (Å²) in [5.41, 5.74) is 0.801. The molecular weight excluding hydrogens is 365 g/mol. The molecule has 4 nitrogen and oxygen atoms in total. The lowest BCUT2D eigenvalue weighted by molar-refractivity contribution is -0.345.